The number of benzene rings is 2. The summed E-state index contributed by atoms with van der Waals surface area (Å²) in [6.07, 6.45) is 1.46. The van der Waals surface area contributed by atoms with Crippen LogP contribution in [-0.4, -0.2) is 52.7 Å². The summed E-state index contributed by atoms with van der Waals surface area (Å²) in [6, 6.07) is 11.7. The van der Waals surface area contributed by atoms with Gasteiger partial charge in [-0.15, -0.1) is 0 Å². The number of sulfonamides is 1. The molecule has 10 heteroatoms. The van der Waals surface area contributed by atoms with Gasteiger partial charge in [0, 0.05) is 23.2 Å². The largest absolute Gasteiger partial charge is 0.497 e. The summed E-state index contributed by atoms with van der Waals surface area (Å²) in [5.74, 6) is -0.0773. The monoisotopic (exact) mass is 469 g/mol. The lowest BCUT2D eigenvalue weighted by atomic mass is 10.2. The Kier molecular flexibility index (Phi) is 7.55. The molecule has 8 nitrogen and oxygen atoms in total. The van der Waals surface area contributed by atoms with Crippen molar-refractivity contribution in [2.24, 2.45) is 5.10 Å². The fraction of sp³-hybridized carbons (Fsp3) is 0.222. The molecule has 0 aliphatic carbocycles. The second-order valence-corrected chi connectivity index (χ2v) is 8.46. The molecular weight excluding hydrogens is 450 g/mol. The fourth-order valence-corrected chi connectivity index (χ4v) is 3.91. The van der Waals surface area contributed by atoms with Crippen LogP contribution in [0.1, 0.15) is 5.56 Å². The minimum atomic E-state index is -3.99. The Morgan fingerprint density at radius 3 is 2.57 bits per heavy atom. The maximum absolute atomic E-state index is 12.8. The molecule has 0 atom stereocenters. The lowest BCUT2D eigenvalue weighted by molar-refractivity contribution is -0.121. The van der Waals surface area contributed by atoms with Gasteiger partial charge in [-0.1, -0.05) is 34.1 Å². The Bertz CT molecular complexity index is 979. The molecule has 0 saturated heterocycles. The van der Waals surface area contributed by atoms with Crippen molar-refractivity contribution in [3.8, 4) is 11.5 Å². The summed E-state index contributed by atoms with van der Waals surface area (Å²) in [6.45, 7) is -0.421. The smallest absolute Gasteiger partial charge is 0.255 e. The predicted molar refractivity (Wildman–Crippen MR) is 109 cm³/mol. The minimum absolute atomic E-state index is 0.0960. The SMILES string of the molecule is COc1ccc(OC)c(S(=O)(=O)N(C)CC(=O)N/N=C\c2ccccc2Br)c1. The molecule has 1 N–H and O–H groups in total. The Balaban J connectivity index is 2.10. The molecule has 28 heavy (non-hydrogen) atoms. The van der Waals surface area contributed by atoms with Crippen LogP contribution in [0.2, 0.25) is 0 Å². The van der Waals surface area contributed by atoms with Crippen LogP contribution < -0.4 is 14.9 Å². The van der Waals surface area contributed by atoms with Gasteiger partial charge in [0.25, 0.3) is 5.91 Å². The molecule has 0 aromatic heterocycles. The normalized spacial score (nSPS) is 11.6. The quantitative estimate of drug-likeness (QED) is 0.472. The first-order valence-corrected chi connectivity index (χ1v) is 10.3. The van der Waals surface area contributed by atoms with Gasteiger partial charge in [-0.3, -0.25) is 4.79 Å². The number of halogens is 1. The highest BCUT2D eigenvalue weighted by Gasteiger charge is 2.27. The maximum Gasteiger partial charge on any atom is 0.255 e. The van der Waals surface area contributed by atoms with Gasteiger partial charge < -0.3 is 9.47 Å². The number of amides is 1. The summed E-state index contributed by atoms with van der Waals surface area (Å²) in [5.41, 5.74) is 3.08. The Hall–Kier alpha value is -2.43. The van der Waals surface area contributed by atoms with E-state index in [2.05, 4.69) is 26.5 Å². The second kappa shape index (κ2) is 9.67. The van der Waals surface area contributed by atoms with Crippen LogP contribution in [0.4, 0.5) is 0 Å². The number of nitrogens with zero attached hydrogens (tertiary/aromatic N) is 2. The number of methoxy groups -OCH3 is 2. The zero-order valence-electron chi connectivity index (χ0n) is 15.5. The average Bonchev–Trinajstić information content (AvgIpc) is 2.68. The first-order chi connectivity index (χ1) is 13.3. The van der Waals surface area contributed by atoms with Crippen LogP contribution in [-0.2, 0) is 14.8 Å². The molecule has 0 spiro atoms. The molecule has 2 aromatic rings. The summed E-state index contributed by atoms with van der Waals surface area (Å²) in [5, 5.41) is 3.85. The van der Waals surface area contributed by atoms with Gasteiger partial charge in [0.2, 0.25) is 10.0 Å². The van der Waals surface area contributed by atoms with Crippen molar-refractivity contribution in [1.29, 1.82) is 0 Å². The molecule has 0 bridgehead atoms. The van der Waals surface area contributed by atoms with E-state index < -0.39 is 22.5 Å². The van der Waals surface area contributed by atoms with Gasteiger partial charge in [-0.25, -0.2) is 13.8 Å². The highest BCUT2D eigenvalue weighted by molar-refractivity contribution is 9.10. The lowest BCUT2D eigenvalue weighted by Gasteiger charge is -2.18. The van der Waals surface area contributed by atoms with Gasteiger partial charge >= 0.3 is 0 Å². The maximum atomic E-state index is 12.8. The molecule has 150 valence electrons. The van der Waals surface area contributed by atoms with Crippen molar-refractivity contribution in [2.75, 3.05) is 27.8 Å². The van der Waals surface area contributed by atoms with Crippen LogP contribution in [0.3, 0.4) is 0 Å². The van der Waals surface area contributed by atoms with Gasteiger partial charge in [0.1, 0.15) is 16.4 Å². The van der Waals surface area contributed by atoms with E-state index in [-0.39, 0.29) is 10.6 Å². The standard InChI is InChI=1S/C18H20BrN3O5S/c1-22(12-18(23)21-20-11-13-6-4-5-7-15(13)19)28(24,25)17-10-14(26-2)8-9-16(17)27-3/h4-11H,12H2,1-3H3,(H,21,23)/b20-11-. The number of carbonyl (C=O) groups is 1. The number of rotatable bonds is 8. The summed E-state index contributed by atoms with van der Waals surface area (Å²) in [7, 11) is 0.106. The Labute approximate surface area is 172 Å². The molecule has 0 aliphatic rings. The third-order valence-corrected chi connectivity index (χ3v) is 6.27. The van der Waals surface area contributed by atoms with Gasteiger partial charge in [0.15, 0.2) is 0 Å². The molecule has 2 aromatic carbocycles. The van der Waals surface area contributed by atoms with Crippen LogP contribution in [0.5, 0.6) is 11.5 Å². The predicted octanol–water partition coefficient (Wildman–Crippen LogP) is 2.24. The molecule has 2 rings (SSSR count). The number of hydrogen-bond acceptors (Lipinski definition) is 6. The zero-order valence-corrected chi connectivity index (χ0v) is 18.0. The summed E-state index contributed by atoms with van der Waals surface area (Å²) >= 11 is 3.37. The molecular formula is C18H20BrN3O5S. The molecule has 0 heterocycles. The van der Waals surface area contributed by atoms with Crippen LogP contribution in [0, 0.1) is 0 Å². The highest BCUT2D eigenvalue weighted by atomic mass is 79.9. The van der Waals surface area contributed by atoms with Gasteiger partial charge in [-0.2, -0.15) is 9.41 Å². The van der Waals surface area contributed by atoms with Crippen molar-refractivity contribution in [1.82, 2.24) is 9.73 Å². The van der Waals surface area contributed by atoms with Crippen molar-refractivity contribution in [3.63, 3.8) is 0 Å². The first-order valence-electron chi connectivity index (χ1n) is 8.04. The van der Waals surface area contributed by atoms with E-state index in [1.54, 1.807) is 6.07 Å². The van der Waals surface area contributed by atoms with Crippen molar-refractivity contribution in [2.45, 2.75) is 4.90 Å². The minimum Gasteiger partial charge on any atom is -0.497 e. The lowest BCUT2D eigenvalue weighted by Crippen LogP contribution is -2.36. The number of carbonyl (C=O) groups excluding carboxylic acids is 1. The molecule has 0 fully saturated rings. The molecule has 0 unspecified atom stereocenters. The van der Waals surface area contributed by atoms with E-state index in [0.29, 0.717) is 5.75 Å². The highest BCUT2D eigenvalue weighted by Crippen LogP contribution is 2.30. The third kappa shape index (κ3) is 5.31. The number of ether oxygens (including phenoxy) is 2. The van der Waals surface area contributed by atoms with Crippen molar-refractivity contribution in [3.05, 3.63) is 52.5 Å². The second-order valence-electron chi connectivity index (χ2n) is 5.59. The Morgan fingerprint density at radius 1 is 1.21 bits per heavy atom. The fourth-order valence-electron chi connectivity index (χ4n) is 2.23. The molecule has 1 amide bonds. The van der Waals surface area contributed by atoms with Crippen molar-refractivity contribution >= 4 is 38.1 Å². The topological polar surface area (TPSA) is 97.3 Å². The van der Waals surface area contributed by atoms with E-state index in [9.17, 15) is 13.2 Å². The van der Waals surface area contributed by atoms with Crippen molar-refractivity contribution < 1.29 is 22.7 Å². The zero-order chi connectivity index (χ0) is 20.7. The molecule has 0 aliphatic heterocycles. The number of hydrazone groups is 1. The van der Waals surface area contributed by atoms with E-state index in [0.717, 1.165) is 14.3 Å². The Morgan fingerprint density at radius 2 is 1.93 bits per heavy atom. The average molecular weight is 470 g/mol. The van der Waals surface area contributed by atoms with Gasteiger partial charge in [0.05, 0.1) is 27.0 Å². The van der Waals surface area contributed by atoms with Crippen LogP contribution in [0.25, 0.3) is 0 Å². The number of nitrogens with one attached hydrogen (secondary N) is 1. The van der Waals surface area contributed by atoms with E-state index in [1.165, 1.54) is 39.6 Å². The molecule has 0 radical (unpaired) electrons. The van der Waals surface area contributed by atoms with E-state index in [1.807, 2.05) is 24.3 Å². The van der Waals surface area contributed by atoms with E-state index >= 15 is 0 Å². The van der Waals surface area contributed by atoms with Crippen LogP contribution in [0.15, 0.2) is 56.9 Å². The number of likely N-dealkylation sites (N-methyl/N-ethyl adjacent to an activating group) is 1. The van der Waals surface area contributed by atoms with Gasteiger partial charge in [-0.05, 0) is 18.2 Å². The van der Waals surface area contributed by atoms with E-state index in [4.69, 9.17) is 9.47 Å². The number of hydrogen-bond donors (Lipinski definition) is 1. The summed E-state index contributed by atoms with van der Waals surface area (Å²) < 4.78 is 37.6. The first kappa shape index (κ1) is 21.9. The van der Waals surface area contributed by atoms with Crippen LogP contribution >= 0.6 is 15.9 Å². The third-order valence-electron chi connectivity index (χ3n) is 3.72. The molecule has 0 saturated carbocycles. The summed E-state index contributed by atoms with van der Waals surface area (Å²) in [4.78, 5) is 12.0.